The minimum Gasteiger partial charge on any atom is -0.483 e. The molecule has 1 aromatic carbocycles. The Hall–Kier alpha value is -1.74. The Morgan fingerprint density at radius 1 is 1.29 bits per heavy atom. The smallest absolute Gasteiger partial charge is 0.422 e. The molecule has 0 saturated heterocycles. The number of aliphatic hydroxyl groups is 1. The quantitative estimate of drug-likeness (QED) is 0.641. The zero-order valence-electron chi connectivity index (χ0n) is 8.51. The van der Waals surface area contributed by atoms with Crippen LogP contribution in [0.2, 0.25) is 0 Å². The summed E-state index contributed by atoms with van der Waals surface area (Å²) in [6.07, 6.45) is -4.51. The van der Waals surface area contributed by atoms with Crippen LogP contribution in [-0.2, 0) is 0 Å². The summed E-state index contributed by atoms with van der Waals surface area (Å²) in [5.74, 6) is 3.58. The molecule has 0 heterocycles. The molecule has 0 saturated carbocycles. The lowest BCUT2D eigenvalue weighted by Crippen LogP contribution is -2.19. The minimum absolute atomic E-state index is 0.0877. The van der Waals surface area contributed by atoms with Crippen LogP contribution in [0.5, 0.6) is 5.75 Å². The van der Waals surface area contributed by atoms with Crippen molar-refractivity contribution in [2.24, 2.45) is 0 Å². The van der Waals surface area contributed by atoms with Crippen LogP contribution in [0.3, 0.4) is 0 Å². The Kier molecular flexibility index (Phi) is 4.35. The second kappa shape index (κ2) is 5.55. The van der Waals surface area contributed by atoms with Gasteiger partial charge in [-0.3, -0.25) is 0 Å². The van der Waals surface area contributed by atoms with E-state index in [0.29, 0.717) is 0 Å². The Morgan fingerprint density at radius 2 is 2.00 bits per heavy atom. The van der Waals surface area contributed by atoms with Crippen LogP contribution < -0.4 is 4.74 Å². The average molecular weight is 248 g/mol. The molecule has 0 unspecified atom stereocenters. The lowest BCUT2D eigenvalue weighted by molar-refractivity contribution is -0.153. The van der Waals surface area contributed by atoms with Crippen LogP contribution in [0.25, 0.3) is 0 Å². The standard InChI is InChI=1S/C11H8F4O2/c12-9-4-3-8(2-1-5-16)10(6-9)17-7-11(13,14)15/h3-4,6,16H,5,7H2. The molecule has 0 aromatic heterocycles. The third-order valence-corrected chi connectivity index (χ3v) is 1.64. The first-order valence-corrected chi connectivity index (χ1v) is 4.51. The molecule has 0 fully saturated rings. The van der Waals surface area contributed by atoms with Gasteiger partial charge >= 0.3 is 6.18 Å². The fourth-order valence-corrected chi connectivity index (χ4v) is 1.01. The molecule has 0 aliphatic heterocycles. The first kappa shape index (κ1) is 13.3. The van der Waals surface area contributed by atoms with Crippen molar-refractivity contribution >= 4 is 0 Å². The molecule has 0 aliphatic carbocycles. The van der Waals surface area contributed by atoms with Crippen LogP contribution in [0, 0.1) is 17.7 Å². The third kappa shape index (κ3) is 4.74. The van der Waals surface area contributed by atoms with Crippen molar-refractivity contribution in [1.82, 2.24) is 0 Å². The van der Waals surface area contributed by atoms with Crippen LogP contribution in [0.1, 0.15) is 5.56 Å². The van der Waals surface area contributed by atoms with Crippen molar-refractivity contribution in [2.45, 2.75) is 6.18 Å². The number of ether oxygens (including phenoxy) is 1. The summed E-state index contributed by atoms with van der Waals surface area (Å²) in [6, 6.07) is 3.04. The molecule has 1 N–H and O–H groups in total. The van der Waals surface area contributed by atoms with E-state index < -0.39 is 25.2 Å². The monoisotopic (exact) mass is 248 g/mol. The average Bonchev–Trinajstić information content (AvgIpc) is 2.24. The van der Waals surface area contributed by atoms with E-state index in [0.717, 1.165) is 12.1 Å². The molecule has 6 heteroatoms. The summed E-state index contributed by atoms with van der Waals surface area (Å²) in [5, 5.41) is 8.46. The number of hydrogen-bond donors (Lipinski definition) is 1. The molecule has 17 heavy (non-hydrogen) atoms. The molecule has 1 rings (SSSR count). The van der Waals surface area contributed by atoms with Gasteiger partial charge in [0.25, 0.3) is 0 Å². The fourth-order valence-electron chi connectivity index (χ4n) is 1.01. The van der Waals surface area contributed by atoms with Gasteiger partial charge in [0, 0.05) is 6.07 Å². The second-order valence-corrected chi connectivity index (χ2v) is 3.00. The van der Waals surface area contributed by atoms with Gasteiger partial charge in [0.05, 0.1) is 5.56 Å². The molecule has 0 bridgehead atoms. The molecule has 92 valence electrons. The van der Waals surface area contributed by atoms with Crippen molar-refractivity contribution < 1.29 is 27.4 Å². The van der Waals surface area contributed by atoms with E-state index in [1.54, 1.807) is 0 Å². The van der Waals surface area contributed by atoms with E-state index in [4.69, 9.17) is 5.11 Å². The van der Waals surface area contributed by atoms with Gasteiger partial charge in [-0.05, 0) is 12.1 Å². The molecule has 0 radical (unpaired) electrons. The van der Waals surface area contributed by atoms with Gasteiger partial charge in [-0.15, -0.1) is 0 Å². The molecular weight excluding hydrogens is 240 g/mol. The van der Waals surface area contributed by atoms with Crippen molar-refractivity contribution in [2.75, 3.05) is 13.2 Å². The summed E-state index contributed by atoms with van der Waals surface area (Å²) in [6.45, 7) is -1.97. The lowest BCUT2D eigenvalue weighted by Gasteiger charge is -2.10. The zero-order valence-corrected chi connectivity index (χ0v) is 8.51. The van der Waals surface area contributed by atoms with Gasteiger partial charge in [-0.2, -0.15) is 13.2 Å². The lowest BCUT2D eigenvalue weighted by atomic mass is 10.2. The summed E-state index contributed by atoms with van der Waals surface area (Å²) in [7, 11) is 0. The van der Waals surface area contributed by atoms with Crippen molar-refractivity contribution in [3.63, 3.8) is 0 Å². The number of aliphatic hydroxyl groups excluding tert-OH is 1. The van der Waals surface area contributed by atoms with E-state index in [-0.39, 0.29) is 11.3 Å². The van der Waals surface area contributed by atoms with E-state index in [2.05, 4.69) is 16.6 Å². The van der Waals surface area contributed by atoms with Crippen LogP contribution >= 0.6 is 0 Å². The maximum absolute atomic E-state index is 12.8. The Morgan fingerprint density at radius 3 is 2.59 bits per heavy atom. The van der Waals surface area contributed by atoms with E-state index in [1.807, 2.05) is 0 Å². The number of alkyl halides is 3. The second-order valence-electron chi connectivity index (χ2n) is 3.00. The molecular formula is C11H8F4O2. The number of hydrogen-bond acceptors (Lipinski definition) is 2. The van der Waals surface area contributed by atoms with E-state index >= 15 is 0 Å². The fraction of sp³-hybridized carbons (Fsp3) is 0.273. The minimum atomic E-state index is -4.51. The predicted molar refractivity (Wildman–Crippen MR) is 51.9 cm³/mol. The van der Waals surface area contributed by atoms with Gasteiger partial charge in [0.1, 0.15) is 18.2 Å². The number of halogens is 4. The Balaban J connectivity index is 2.91. The first-order chi connectivity index (χ1) is 7.92. The van der Waals surface area contributed by atoms with Gasteiger partial charge in [0.15, 0.2) is 6.61 Å². The van der Waals surface area contributed by atoms with Gasteiger partial charge in [0.2, 0.25) is 0 Å². The van der Waals surface area contributed by atoms with Crippen molar-refractivity contribution in [1.29, 1.82) is 0 Å². The number of rotatable bonds is 2. The van der Waals surface area contributed by atoms with Crippen LogP contribution in [0.4, 0.5) is 17.6 Å². The molecule has 0 aliphatic rings. The maximum Gasteiger partial charge on any atom is 0.422 e. The van der Waals surface area contributed by atoms with Crippen LogP contribution in [0.15, 0.2) is 18.2 Å². The summed E-state index contributed by atoms with van der Waals surface area (Å²) < 4.78 is 53.1. The number of benzene rings is 1. The third-order valence-electron chi connectivity index (χ3n) is 1.64. The topological polar surface area (TPSA) is 29.5 Å². The maximum atomic E-state index is 12.8. The largest absolute Gasteiger partial charge is 0.483 e. The highest BCUT2D eigenvalue weighted by atomic mass is 19.4. The summed E-state index contributed by atoms with van der Waals surface area (Å²) in [4.78, 5) is 0. The van der Waals surface area contributed by atoms with E-state index in [1.165, 1.54) is 6.07 Å². The van der Waals surface area contributed by atoms with Gasteiger partial charge < -0.3 is 9.84 Å². The SMILES string of the molecule is OCC#Cc1ccc(F)cc1OCC(F)(F)F. The van der Waals surface area contributed by atoms with Crippen LogP contribution in [-0.4, -0.2) is 24.5 Å². The predicted octanol–water partition coefficient (Wildman–Crippen LogP) is 2.11. The van der Waals surface area contributed by atoms with Crippen molar-refractivity contribution in [3.8, 4) is 17.6 Å². The zero-order chi connectivity index (χ0) is 12.9. The van der Waals surface area contributed by atoms with Gasteiger partial charge in [-0.25, -0.2) is 4.39 Å². The Labute approximate surface area is 94.8 Å². The first-order valence-electron chi connectivity index (χ1n) is 4.51. The molecule has 1 aromatic rings. The molecule has 2 nitrogen and oxygen atoms in total. The Bertz CT molecular complexity index is 443. The summed E-state index contributed by atoms with van der Waals surface area (Å²) >= 11 is 0. The molecule has 0 amide bonds. The van der Waals surface area contributed by atoms with Crippen molar-refractivity contribution in [3.05, 3.63) is 29.6 Å². The highest BCUT2D eigenvalue weighted by Crippen LogP contribution is 2.22. The summed E-state index contributed by atoms with van der Waals surface area (Å²) in [5.41, 5.74) is 0.0877. The molecule has 0 spiro atoms. The van der Waals surface area contributed by atoms with Gasteiger partial charge in [-0.1, -0.05) is 11.8 Å². The highest BCUT2D eigenvalue weighted by Gasteiger charge is 2.28. The highest BCUT2D eigenvalue weighted by molar-refractivity contribution is 5.46. The normalized spacial score (nSPS) is 10.6. The molecule has 0 atom stereocenters. The van der Waals surface area contributed by atoms with E-state index in [9.17, 15) is 17.6 Å².